The zero-order valence-corrected chi connectivity index (χ0v) is 13.6. The van der Waals surface area contributed by atoms with E-state index in [1.165, 1.54) is 25.5 Å². The first-order chi connectivity index (χ1) is 9.41. The predicted molar refractivity (Wildman–Crippen MR) is 84.2 cm³/mol. The Balaban J connectivity index is 2.24. The molecule has 2 rings (SSSR count). The number of halogens is 1. The molecule has 0 spiro atoms. The zero-order valence-electron chi connectivity index (χ0n) is 12.0. The van der Waals surface area contributed by atoms with Gasteiger partial charge in [0.05, 0.1) is 15.6 Å². The van der Waals surface area contributed by atoms with E-state index in [2.05, 4.69) is 12.2 Å². The second kappa shape index (κ2) is 6.35. The highest BCUT2D eigenvalue weighted by Gasteiger charge is 2.24. The van der Waals surface area contributed by atoms with E-state index in [9.17, 15) is 8.42 Å². The molecular formula is C15H22ClNO2S. The van der Waals surface area contributed by atoms with Crippen molar-refractivity contribution in [2.45, 2.75) is 50.0 Å². The van der Waals surface area contributed by atoms with Crippen LogP contribution in [0.3, 0.4) is 0 Å². The van der Waals surface area contributed by atoms with Crippen molar-refractivity contribution in [2.75, 3.05) is 11.6 Å². The molecule has 0 amide bonds. The summed E-state index contributed by atoms with van der Waals surface area (Å²) >= 11 is 6.20. The molecule has 1 aliphatic rings. The lowest BCUT2D eigenvalue weighted by Gasteiger charge is -2.32. The largest absolute Gasteiger partial charge is 0.381 e. The fraction of sp³-hybridized carbons (Fsp3) is 0.600. The Morgan fingerprint density at radius 2 is 2.00 bits per heavy atom. The second-order valence-electron chi connectivity index (χ2n) is 5.62. The Hall–Kier alpha value is -0.740. The number of rotatable bonds is 4. The molecule has 2 atom stereocenters. The van der Waals surface area contributed by atoms with Gasteiger partial charge in [0.25, 0.3) is 0 Å². The highest BCUT2D eigenvalue weighted by Crippen LogP contribution is 2.32. The molecule has 0 heterocycles. The fourth-order valence-electron chi connectivity index (χ4n) is 2.93. The van der Waals surface area contributed by atoms with Crippen molar-refractivity contribution < 1.29 is 8.42 Å². The van der Waals surface area contributed by atoms with Gasteiger partial charge >= 0.3 is 0 Å². The van der Waals surface area contributed by atoms with Crippen LogP contribution in [0.25, 0.3) is 0 Å². The van der Waals surface area contributed by atoms with Crippen molar-refractivity contribution in [2.24, 2.45) is 5.92 Å². The van der Waals surface area contributed by atoms with Crippen molar-refractivity contribution in [3.8, 4) is 0 Å². The van der Waals surface area contributed by atoms with Gasteiger partial charge in [0.1, 0.15) is 0 Å². The molecular weight excluding hydrogens is 294 g/mol. The molecule has 1 aromatic rings. The number of anilines is 1. The van der Waals surface area contributed by atoms with Gasteiger partial charge in [0, 0.05) is 12.3 Å². The summed E-state index contributed by atoms with van der Waals surface area (Å²) in [4.78, 5) is 0.313. The summed E-state index contributed by atoms with van der Waals surface area (Å²) in [5.74, 6) is 0.640. The molecule has 3 nitrogen and oxygen atoms in total. The van der Waals surface area contributed by atoms with E-state index in [-0.39, 0.29) is 0 Å². The molecule has 5 heteroatoms. The average molecular weight is 316 g/mol. The first-order valence-electron chi connectivity index (χ1n) is 7.18. The number of hydrogen-bond acceptors (Lipinski definition) is 3. The molecule has 20 heavy (non-hydrogen) atoms. The SMILES string of the molecule is CCC1CCCCC1Nc1cc(S(C)(=O)=O)ccc1Cl. The standard InChI is InChI=1S/C15H22ClNO2S/c1-3-11-6-4-5-7-14(11)17-15-10-12(20(2,18)19)8-9-13(15)16/h8-11,14,17H,3-7H2,1-2H3. The van der Waals surface area contributed by atoms with Crippen LogP contribution in [-0.4, -0.2) is 20.7 Å². The van der Waals surface area contributed by atoms with Crippen molar-refractivity contribution in [3.63, 3.8) is 0 Å². The quantitative estimate of drug-likeness (QED) is 0.909. The van der Waals surface area contributed by atoms with Crippen LogP contribution in [0.2, 0.25) is 5.02 Å². The van der Waals surface area contributed by atoms with Crippen LogP contribution < -0.4 is 5.32 Å². The molecule has 0 aliphatic heterocycles. The Bertz CT molecular complexity index is 571. The Morgan fingerprint density at radius 1 is 1.30 bits per heavy atom. The van der Waals surface area contributed by atoms with Crippen molar-refractivity contribution in [1.82, 2.24) is 0 Å². The topological polar surface area (TPSA) is 46.2 Å². The lowest BCUT2D eigenvalue weighted by atomic mass is 9.83. The fourth-order valence-corrected chi connectivity index (χ4v) is 3.75. The van der Waals surface area contributed by atoms with Gasteiger partial charge in [-0.15, -0.1) is 0 Å². The molecule has 2 unspecified atom stereocenters. The maximum atomic E-state index is 11.6. The number of benzene rings is 1. The Morgan fingerprint density at radius 3 is 2.65 bits per heavy atom. The first-order valence-corrected chi connectivity index (χ1v) is 9.45. The molecule has 1 fully saturated rings. The molecule has 1 aromatic carbocycles. The summed E-state index contributed by atoms with van der Waals surface area (Å²) in [6.07, 6.45) is 7.22. The monoisotopic (exact) mass is 315 g/mol. The molecule has 0 saturated heterocycles. The third kappa shape index (κ3) is 3.67. The smallest absolute Gasteiger partial charge is 0.175 e. The van der Waals surface area contributed by atoms with Crippen LogP contribution in [0.15, 0.2) is 23.1 Å². The predicted octanol–water partition coefficient (Wildman–Crippen LogP) is 4.12. The van der Waals surface area contributed by atoms with Crippen molar-refractivity contribution in [3.05, 3.63) is 23.2 Å². The average Bonchev–Trinajstić information content (AvgIpc) is 2.40. The minimum Gasteiger partial charge on any atom is -0.381 e. The van der Waals surface area contributed by atoms with Gasteiger partial charge in [-0.25, -0.2) is 8.42 Å². The number of nitrogens with one attached hydrogen (secondary N) is 1. The highest BCUT2D eigenvalue weighted by molar-refractivity contribution is 7.90. The molecule has 112 valence electrons. The molecule has 1 saturated carbocycles. The van der Waals surface area contributed by atoms with E-state index in [1.54, 1.807) is 18.2 Å². The zero-order chi connectivity index (χ0) is 14.8. The van der Waals surface area contributed by atoms with Gasteiger partial charge in [-0.1, -0.05) is 37.8 Å². The summed E-state index contributed by atoms with van der Waals surface area (Å²) in [7, 11) is -3.20. The molecule has 1 N–H and O–H groups in total. The Kier molecular flexibility index (Phi) is 4.97. The van der Waals surface area contributed by atoms with Crippen LogP contribution in [0.1, 0.15) is 39.0 Å². The lowest BCUT2D eigenvalue weighted by molar-refractivity contribution is 0.317. The van der Waals surface area contributed by atoms with Crippen LogP contribution in [0, 0.1) is 5.92 Å². The number of sulfone groups is 1. The molecule has 0 radical (unpaired) electrons. The lowest BCUT2D eigenvalue weighted by Crippen LogP contribution is -2.31. The van der Waals surface area contributed by atoms with Crippen LogP contribution in [0.4, 0.5) is 5.69 Å². The van der Waals surface area contributed by atoms with Gasteiger partial charge in [-0.05, 0) is 37.0 Å². The van der Waals surface area contributed by atoms with Gasteiger partial charge in [-0.3, -0.25) is 0 Å². The van der Waals surface area contributed by atoms with E-state index in [0.717, 1.165) is 18.5 Å². The summed E-state index contributed by atoms with van der Waals surface area (Å²) in [6, 6.07) is 5.26. The van der Waals surface area contributed by atoms with E-state index in [0.29, 0.717) is 21.9 Å². The third-order valence-corrected chi connectivity index (χ3v) is 5.58. The van der Waals surface area contributed by atoms with E-state index in [1.807, 2.05) is 0 Å². The first kappa shape index (κ1) is 15.6. The van der Waals surface area contributed by atoms with Crippen molar-refractivity contribution in [1.29, 1.82) is 0 Å². The maximum absolute atomic E-state index is 11.6. The van der Waals surface area contributed by atoms with Crippen molar-refractivity contribution >= 4 is 27.1 Å². The molecule has 0 aromatic heterocycles. The third-order valence-electron chi connectivity index (χ3n) is 4.14. The van der Waals surface area contributed by atoms with Crippen LogP contribution >= 0.6 is 11.6 Å². The summed E-state index contributed by atoms with van der Waals surface area (Å²) in [5, 5.41) is 4.05. The molecule has 0 bridgehead atoms. The normalized spacial score (nSPS) is 23.6. The van der Waals surface area contributed by atoms with E-state index < -0.39 is 9.84 Å². The summed E-state index contributed by atoms with van der Waals surface area (Å²) in [6.45, 7) is 2.21. The van der Waals surface area contributed by atoms with Crippen LogP contribution in [0.5, 0.6) is 0 Å². The summed E-state index contributed by atoms with van der Waals surface area (Å²) in [5.41, 5.74) is 0.736. The van der Waals surface area contributed by atoms with Gasteiger partial charge in [0.15, 0.2) is 9.84 Å². The van der Waals surface area contributed by atoms with E-state index >= 15 is 0 Å². The Labute approximate surface area is 126 Å². The van der Waals surface area contributed by atoms with Gasteiger partial charge in [-0.2, -0.15) is 0 Å². The maximum Gasteiger partial charge on any atom is 0.175 e. The highest BCUT2D eigenvalue weighted by atomic mass is 35.5. The minimum atomic E-state index is -3.20. The van der Waals surface area contributed by atoms with Gasteiger partial charge in [0.2, 0.25) is 0 Å². The van der Waals surface area contributed by atoms with Crippen LogP contribution in [-0.2, 0) is 9.84 Å². The number of hydrogen-bond donors (Lipinski definition) is 1. The minimum absolute atomic E-state index is 0.313. The second-order valence-corrected chi connectivity index (χ2v) is 8.04. The van der Waals surface area contributed by atoms with Gasteiger partial charge < -0.3 is 5.32 Å². The molecule has 1 aliphatic carbocycles. The summed E-state index contributed by atoms with van der Waals surface area (Å²) < 4.78 is 23.3. The van der Waals surface area contributed by atoms with E-state index in [4.69, 9.17) is 11.6 Å².